The van der Waals surface area contributed by atoms with Crippen molar-refractivity contribution >= 4 is 6.08 Å². The molecule has 2 rings (SSSR count). The van der Waals surface area contributed by atoms with Crippen LogP contribution in [0.3, 0.4) is 0 Å². The van der Waals surface area contributed by atoms with Crippen LogP contribution in [0.2, 0.25) is 0 Å². The number of ether oxygens (including phenoxy) is 1. The van der Waals surface area contributed by atoms with E-state index in [0.717, 1.165) is 5.56 Å². The van der Waals surface area contributed by atoms with Gasteiger partial charge in [-0.3, -0.25) is 0 Å². The fraction of sp³-hybridized carbons (Fsp3) is 0.222. The summed E-state index contributed by atoms with van der Waals surface area (Å²) in [4.78, 5) is 0. The van der Waals surface area contributed by atoms with Crippen LogP contribution in [0.15, 0.2) is 48.5 Å². The molecule has 2 aromatic rings. The molecule has 0 saturated heterocycles. The van der Waals surface area contributed by atoms with Crippen LogP contribution >= 0.6 is 0 Å². The van der Waals surface area contributed by atoms with Crippen LogP contribution in [0.1, 0.15) is 17.0 Å². The second-order valence-electron chi connectivity index (χ2n) is 5.19. The Hall–Kier alpha value is -2.50. The predicted octanol–water partition coefficient (Wildman–Crippen LogP) is 2.26. The fourth-order valence-electron chi connectivity index (χ4n) is 2.29. The van der Waals surface area contributed by atoms with E-state index in [4.69, 9.17) is 4.74 Å². The van der Waals surface area contributed by atoms with Crippen LogP contribution in [-0.2, 0) is 0 Å². The van der Waals surface area contributed by atoms with Crippen molar-refractivity contribution in [3.8, 4) is 17.2 Å². The lowest BCUT2D eigenvalue weighted by molar-refractivity contribution is 0.0841. The number of phenolic OH excluding ortho intramolecular Hbond substituents is 2. The van der Waals surface area contributed by atoms with E-state index in [0.29, 0.717) is 11.3 Å². The zero-order chi connectivity index (χ0) is 16.8. The van der Waals surface area contributed by atoms with E-state index in [2.05, 4.69) is 0 Å². The Morgan fingerprint density at radius 3 is 2.35 bits per heavy atom. The maximum atomic E-state index is 10.1. The van der Waals surface area contributed by atoms with E-state index < -0.39 is 18.6 Å². The van der Waals surface area contributed by atoms with Crippen molar-refractivity contribution < 1.29 is 25.2 Å². The molecule has 0 aromatic heterocycles. The van der Waals surface area contributed by atoms with Gasteiger partial charge in [0.2, 0.25) is 0 Å². The monoisotopic (exact) mass is 316 g/mol. The molecule has 0 amide bonds. The first-order valence-electron chi connectivity index (χ1n) is 7.17. The van der Waals surface area contributed by atoms with Crippen LogP contribution in [0, 0.1) is 0 Å². The minimum Gasteiger partial charge on any atom is -0.508 e. The molecule has 0 aliphatic heterocycles. The topological polar surface area (TPSA) is 90.2 Å². The van der Waals surface area contributed by atoms with Gasteiger partial charge >= 0.3 is 0 Å². The lowest BCUT2D eigenvalue weighted by Crippen LogP contribution is -2.21. The summed E-state index contributed by atoms with van der Waals surface area (Å²) in [5.41, 5.74) is 1.46. The zero-order valence-electron chi connectivity index (χ0n) is 12.8. The number of hydrogen-bond donors (Lipinski definition) is 4. The summed E-state index contributed by atoms with van der Waals surface area (Å²) in [5, 5.41) is 38.4. The third kappa shape index (κ3) is 4.48. The quantitative estimate of drug-likeness (QED) is 0.656. The summed E-state index contributed by atoms with van der Waals surface area (Å²) >= 11 is 0. The SMILES string of the molecule is COc1cc(O)cc([C@H](C=Cc2ccc(O)cc2)[C@H](O)CO)c1. The van der Waals surface area contributed by atoms with Gasteiger partial charge in [-0.2, -0.15) is 0 Å². The van der Waals surface area contributed by atoms with Gasteiger partial charge in [-0.25, -0.2) is 0 Å². The summed E-state index contributed by atoms with van der Waals surface area (Å²) in [6.45, 7) is -0.414. The molecule has 122 valence electrons. The molecule has 2 aromatic carbocycles. The predicted molar refractivity (Wildman–Crippen MR) is 87.6 cm³/mol. The highest BCUT2D eigenvalue weighted by Crippen LogP contribution is 2.30. The van der Waals surface area contributed by atoms with Gasteiger partial charge in [0.05, 0.1) is 19.8 Å². The van der Waals surface area contributed by atoms with E-state index in [-0.39, 0.29) is 11.5 Å². The Labute approximate surface area is 134 Å². The molecule has 0 spiro atoms. The molecule has 0 aliphatic carbocycles. The maximum Gasteiger partial charge on any atom is 0.122 e. The second-order valence-corrected chi connectivity index (χ2v) is 5.19. The van der Waals surface area contributed by atoms with Crippen molar-refractivity contribution in [2.24, 2.45) is 0 Å². The van der Waals surface area contributed by atoms with Crippen molar-refractivity contribution in [1.29, 1.82) is 0 Å². The van der Waals surface area contributed by atoms with E-state index in [1.165, 1.54) is 19.2 Å². The Balaban J connectivity index is 2.33. The molecular formula is C18H20O5. The van der Waals surface area contributed by atoms with Crippen molar-refractivity contribution in [3.63, 3.8) is 0 Å². The molecule has 0 fully saturated rings. The first-order valence-corrected chi connectivity index (χ1v) is 7.17. The summed E-state index contributed by atoms with van der Waals surface area (Å²) in [5.74, 6) is 0.141. The maximum absolute atomic E-state index is 10.1. The summed E-state index contributed by atoms with van der Waals surface area (Å²) in [7, 11) is 1.49. The molecular weight excluding hydrogens is 296 g/mol. The average molecular weight is 316 g/mol. The van der Waals surface area contributed by atoms with Crippen molar-refractivity contribution in [2.75, 3.05) is 13.7 Å². The number of aliphatic hydroxyl groups excluding tert-OH is 2. The smallest absolute Gasteiger partial charge is 0.122 e. The normalized spacial score (nSPS) is 13.9. The number of benzene rings is 2. The highest BCUT2D eigenvalue weighted by Gasteiger charge is 2.19. The van der Waals surface area contributed by atoms with E-state index in [1.54, 1.807) is 42.5 Å². The van der Waals surface area contributed by atoms with Gasteiger partial charge in [0, 0.05) is 12.0 Å². The third-order valence-electron chi connectivity index (χ3n) is 3.52. The van der Waals surface area contributed by atoms with Gasteiger partial charge in [-0.05, 0) is 35.4 Å². The molecule has 2 atom stereocenters. The summed E-state index contributed by atoms with van der Waals surface area (Å²) in [6, 6.07) is 11.3. The van der Waals surface area contributed by atoms with Gasteiger partial charge in [-0.15, -0.1) is 0 Å². The first-order chi connectivity index (χ1) is 11.0. The van der Waals surface area contributed by atoms with Crippen molar-refractivity contribution in [2.45, 2.75) is 12.0 Å². The van der Waals surface area contributed by atoms with Gasteiger partial charge in [0.1, 0.15) is 17.2 Å². The Bertz CT molecular complexity index is 664. The Morgan fingerprint density at radius 2 is 1.74 bits per heavy atom. The number of rotatable bonds is 6. The number of methoxy groups -OCH3 is 1. The summed E-state index contributed by atoms with van der Waals surface area (Å²) in [6.07, 6.45) is 2.50. The van der Waals surface area contributed by atoms with Crippen molar-refractivity contribution in [3.05, 3.63) is 59.7 Å². The van der Waals surface area contributed by atoms with Gasteiger partial charge in [0.15, 0.2) is 0 Å². The second kappa shape index (κ2) is 7.67. The van der Waals surface area contributed by atoms with E-state index >= 15 is 0 Å². The van der Waals surface area contributed by atoms with Crippen LogP contribution in [0.5, 0.6) is 17.2 Å². The number of aromatic hydroxyl groups is 2. The van der Waals surface area contributed by atoms with Crippen LogP contribution in [-0.4, -0.2) is 40.2 Å². The molecule has 5 nitrogen and oxygen atoms in total. The number of phenols is 2. The highest BCUT2D eigenvalue weighted by molar-refractivity contribution is 5.53. The molecule has 0 saturated carbocycles. The van der Waals surface area contributed by atoms with Crippen LogP contribution < -0.4 is 4.74 Å². The molecule has 0 unspecified atom stereocenters. The molecule has 0 heterocycles. The highest BCUT2D eigenvalue weighted by atomic mass is 16.5. The van der Waals surface area contributed by atoms with Crippen molar-refractivity contribution in [1.82, 2.24) is 0 Å². The van der Waals surface area contributed by atoms with Crippen LogP contribution in [0.25, 0.3) is 6.08 Å². The van der Waals surface area contributed by atoms with E-state index in [9.17, 15) is 20.4 Å². The van der Waals surface area contributed by atoms with Crippen LogP contribution in [0.4, 0.5) is 0 Å². The van der Waals surface area contributed by atoms with E-state index in [1.807, 2.05) is 0 Å². The molecule has 0 aliphatic rings. The largest absolute Gasteiger partial charge is 0.508 e. The molecule has 0 bridgehead atoms. The summed E-state index contributed by atoms with van der Waals surface area (Å²) < 4.78 is 5.12. The first kappa shape index (κ1) is 16.9. The fourth-order valence-corrected chi connectivity index (χ4v) is 2.29. The van der Waals surface area contributed by atoms with Gasteiger partial charge < -0.3 is 25.2 Å². The minimum atomic E-state index is -1.02. The standard InChI is InChI=1S/C18H20O5/c1-23-16-9-13(8-15(21)10-16)17(18(22)11-19)7-4-12-2-5-14(20)6-3-12/h2-10,17-22H,11H2,1H3/t17-,18+/m0/s1. The lowest BCUT2D eigenvalue weighted by Gasteiger charge is -2.19. The molecule has 5 heteroatoms. The number of aliphatic hydroxyl groups is 2. The minimum absolute atomic E-state index is 0.0209. The molecule has 23 heavy (non-hydrogen) atoms. The number of hydrogen-bond acceptors (Lipinski definition) is 5. The molecule has 0 radical (unpaired) electrons. The Morgan fingerprint density at radius 1 is 1.04 bits per heavy atom. The van der Waals surface area contributed by atoms with Gasteiger partial charge in [0.25, 0.3) is 0 Å². The molecule has 4 N–H and O–H groups in total. The zero-order valence-corrected chi connectivity index (χ0v) is 12.8. The van der Waals surface area contributed by atoms with Gasteiger partial charge in [-0.1, -0.05) is 24.3 Å². The average Bonchev–Trinajstić information content (AvgIpc) is 2.55. The third-order valence-corrected chi connectivity index (χ3v) is 3.52. The lowest BCUT2D eigenvalue weighted by atomic mass is 9.92. The Kier molecular flexibility index (Phi) is 5.62.